The number of nitrogens with zero attached hydrogens (tertiary/aromatic N) is 1. The van der Waals surface area contributed by atoms with Crippen LogP contribution in [0.3, 0.4) is 0 Å². The van der Waals surface area contributed by atoms with E-state index in [9.17, 15) is 9.59 Å². The summed E-state index contributed by atoms with van der Waals surface area (Å²) in [7, 11) is 1.58. The lowest BCUT2D eigenvalue weighted by atomic mass is 10.0. The van der Waals surface area contributed by atoms with Crippen molar-refractivity contribution in [3.63, 3.8) is 0 Å². The Morgan fingerprint density at radius 1 is 1.10 bits per heavy atom. The molecule has 1 amide bonds. The summed E-state index contributed by atoms with van der Waals surface area (Å²) in [6.45, 7) is 5.52. The van der Waals surface area contributed by atoms with Crippen LogP contribution >= 0.6 is 0 Å². The van der Waals surface area contributed by atoms with Crippen molar-refractivity contribution < 1.29 is 18.7 Å². The van der Waals surface area contributed by atoms with Crippen LogP contribution in [0.1, 0.15) is 13.8 Å². The average Bonchev–Trinajstić information content (AvgIpc) is 2.73. The molecule has 0 unspecified atom stereocenters. The van der Waals surface area contributed by atoms with Gasteiger partial charge < -0.3 is 13.9 Å². The van der Waals surface area contributed by atoms with Gasteiger partial charge in [-0.05, 0) is 43.7 Å². The van der Waals surface area contributed by atoms with Gasteiger partial charge in [0, 0.05) is 13.1 Å². The summed E-state index contributed by atoms with van der Waals surface area (Å²) in [5, 5.41) is 3.29. The maximum absolute atomic E-state index is 13.3. The topological polar surface area (TPSA) is 81.0 Å². The third-order valence-corrected chi connectivity index (χ3v) is 5.29. The third-order valence-electron chi connectivity index (χ3n) is 5.29. The number of methoxy groups -OCH3 is 1. The number of anilines is 1. The number of carbonyl (C=O) groups excluding carboxylic acids is 1. The molecule has 0 saturated carbocycles. The average molecular weight is 422 g/mol. The first-order valence-electron chi connectivity index (χ1n) is 10.3. The lowest BCUT2D eigenvalue weighted by Crippen LogP contribution is -2.48. The molecule has 7 nitrogen and oxygen atoms in total. The van der Waals surface area contributed by atoms with Gasteiger partial charge >= 0.3 is 0 Å². The molecule has 0 radical (unpaired) electrons. The zero-order valence-electron chi connectivity index (χ0n) is 17.9. The number of para-hydroxylation sites is 1. The Morgan fingerprint density at radius 3 is 2.45 bits per heavy atom. The minimum atomic E-state index is -0.241. The molecular weight excluding hydrogens is 396 g/mol. The van der Waals surface area contributed by atoms with Crippen LogP contribution in [0.5, 0.6) is 5.75 Å². The van der Waals surface area contributed by atoms with Crippen LogP contribution in [-0.2, 0) is 9.53 Å². The van der Waals surface area contributed by atoms with Crippen LogP contribution in [0, 0.1) is 0 Å². The van der Waals surface area contributed by atoms with E-state index in [0.29, 0.717) is 40.9 Å². The van der Waals surface area contributed by atoms with Gasteiger partial charge in [-0.2, -0.15) is 0 Å². The standard InChI is InChI=1S/C24H26N2O5/c1-15-12-26(13-16(2)30-15)14-21(27)25-24-22(17-8-10-18(29-3)11-9-17)23(28)19-6-4-5-7-20(19)31-24/h4-11,15-16H,12-14H2,1-3H3,(H,25,27)/t15-,16+. The first-order valence-corrected chi connectivity index (χ1v) is 10.3. The smallest absolute Gasteiger partial charge is 0.240 e. The fraction of sp³-hybridized carbons (Fsp3) is 0.333. The van der Waals surface area contributed by atoms with E-state index in [2.05, 4.69) is 5.32 Å². The second kappa shape index (κ2) is 8.91. The van der Waals surface area contributed by atoms with E-state index in [0.717, 1.165) is 0 Å². The number of carbonyl (C=O) groups is 1. The maximum Gasteiger partial charge on any atom is 0.240 e. The second-order valence-corrected chi connectivity index (χ2v) is 7.86. The molecular formula is C24H26N2O5. The van der Waals surface area contributed by atoms with Crippen molar-refractivity contribution in [1.29, 1.82) is 0 Å². The van der Waals surface area contributed by atoms with Gasteiger partial charge in [0.1, 0.15) is 11.3 Å². The Hall–Kier alpha value is -3.16. The van der Waals surface area contributed by atoms with Crippen molar-refractivity contribution in [3.8, 4) is 16.9 Å². The predicted molar refractivity (Wildman–Crippen MR) is 120 cm³/mol. The monoisotopic (exact) mass is 422 g/mol. The first-order chi connectivity index (χ1) is 14.9. The predicted octanol–water partition coefficient (Wildman–Crippen LogP) is 3.52. The van der Waals surface area contributed by atoms with Gasteiger partial charge in [0.25, 0.3) is 0 Å². The number of hydrogen-bond donors (Lipinski definition) is 1. The number of fused-ring (bicyclic) bond motifs is 1. The van der Waals surface area contributed by atoms with Gasteiger partial charge in [0.05, 0.1) is 36.8 Å². The highest BCUT2D eigenvalue weighted by atomic mass is 16.5. The number of morpholine rings is 1. The molecule has 4 rings (SSSR count). The highest BCUT2D eigenvalue weighted by Gasteiger charge is 2.25. The van der Waals surface area contributed by atoms with Crippen LogP contribution in [-0.4, -0.2) is 49.8 Å². The third kappa shape index (κ3) is 4.62. The number of hydrogen-bond acceptors (Lipinski definition) is 6. The molecule has 2 aromatic carbocycles. The molecule has 1 aliphatic rings. The molecule has 1 fully saturated rings. The lowest BCUT2D eigenvalue weighted by Gasteiger charge is -2.34. The number of benzene rings is 2. The summed E-state index contributed by atoms with van der Waals surface area (Å²) in [5.74, 6) is 0.581. The number of nitrogens with one attached hydrogen (secondary N) is 1. The van der Waals surface area contributed by atoms with Crippen LogP contribution < -0.4 is 15.5 Å². The minimum Gasteiger partial charge on any atom is -0.497 e. The van der Waals surface area contributed by atoms with Gasteiger partial charge in [0.2, 0.25) is 17.2 Å². The van der Waals surface area contributed by atoms with Crippen LogP contribution in [0.15, 0.2) is 57.7 Å². The lowest BCUT2D eigenvalue weighted by molar-refractivity contribution is -0.121. The molecule has 2 atom stereocenters. The van der Waals surface area contributed by atoms with Gasteiger partial charge in [-0.1, -0.05) is 24.3 Å². The summed E-state index contributed by atoms with van der Waals surface area (Å²) in [6.07, 6.45) is 0.120. The van der Waals surface area contributed by atoms with Crippen LogP contribution in [0.2, 0.25) is 0 Å². The van der Waals surface area contributed by atoms with Gasteiger partial charge in [-0.25, -0.2) is 0 Å². The largest absolute Gasteiger partial charge is 0.497 e. The van der Waals surface area contributed by atoms with Crippen LogP contribution in [0.25, 0.3) is 22.1 Å². The normalized spacial score (nSPS) is 19.3. The zero-order valence-corrected chi connectivity index (χ0v) is 17.9. The Bertz CT molecular complexity index is 1130. The van der Waals surface area contributed by atoms with Crippen molar-refractivity contribution in [3.05, 3.63) is 58.8 Å². The summed E-state index contributed by atoms with van der Waals surface area (Å²) in [6, 6.07) is 14.1. The zero-order chi connectivity index (χ0) is 22.0. The molecule has 0 bridgehead atoms. The molecule has 2 heterocycles. The summed E-state index contributed by atoms with van der Waals surface area (Å²) < 4.78 is 16.9. The molecule has 0 spiro atoms. The Kier molecular flexibility index (Phi) is 6.06. The quantitative estimate of drug-likeness (QED) is 0.678. The number of rotatable bonds is 5. The highest BCUT2D eigenvalue weighted by molar-refractivity contribution is 5.97. The highest BCUT2D eigenvalue weighted by Crippen LogP contribution is 2.30. The summed E-state index contributed by atoms with van der Waals surface area (Å²) in [4.78, 5) is 28.2. The van der Waals surface area contributed by atoms with E-state index in [1.807, 2.05) is 18.7 Å². The van der Waals surface area contributed by atoms with E-state index < -0.39 is 0 Å². The van der Waals surface area contributed by atoms with E-state index >= 15 is 0 Å². The van der Waals surface area contributed by atoms with Gasteiger partial charge in [-0.15, -0.1) is 0 Å². The fourth-order valence-corrected chi connectivity index (χ4v) is 4.03. The Labute approximate surface area is 180 Å². The van der Waals surface area contributed by atoms with E-state index in [1.54, 1.807) is 55.6 Å². The molecule has 0 aliphatic carbocycles. The van der Waals surface area contributed by atoms with Gasteiger partial charge in [-0.3, -0.25) is 19.8 Å². The van der Waals surface area contributed by atoms with E-state index in [4.69, 9.17) is 13.9 Å². The van der Waals surface area contributed by atoms with E-state index in [-0.39, 0.29) is 36.0 Å². The van der Waals surface area contributed by atoms with Crippen molar-refractivity contribution in [2.45, 2.75) is 26.1 Å². The van der Waals surface area contributed by atoms with Crippen molar-refractivity contribution in [2.24, 2.45) is 0 Å². The maximum atomic E-state index is 13.3. The fourth-order valence-electron chi connectivity index (χ4n) is 4.03. The van der Waals surface area contributed by atoms with E-state index in [1.165, 1.54) is 0 Å². The SMILES string of the molecule is COc1ccc(-c2c(NC(=O)CN3C[C@@H](C)O[C@@H](C)C3)oc3ccccc3c2=O)cc1. The Balaban J connectivity index is 1.68. The van der Waals surface area contributed by atoms with Crippen molar-refractivity contribution >= 4 is 22.8 Å². The van der Waals surface area contributed by atoms with Crippen LogP contribution in [0.4, 0.5) is 5.88 Å². The first kappa shape index (κ1) is 21.1. The van der Waals surface area contributed by atoms with Crippen molar-refractivity contribution in [2.75, 3.05) is 32.1 Å². The number of ether oxygens (including phenoxy) is 2. The van der Waals surface area contributed by atoms with Gasteiger partial charge in [0.15, 0.2) is 0 Å². The second-order valence-electron chi connectivity index (χ2n) is 7.86. The molecule has 1 saturated heterocycles. The molecule has 7 heteroatoms. The molecule has 3 aromatic rings. The number of amides is 1. The molecule has 1 aliphatic heterocycles. The minimum absolute atomic E-state index is 0.0602. The molecule has 1 aromatic heterocycles. The summed E-state index contributed by atoms with van der Waals surface area (Å²) in [5.41, 5.74) is 1.19. The molecule has 31 heavy (non-hydrogen) atoms. The van der Waals surface area contributed by atoms with Crippen molar-refractivity contribution in [1.82, 2.24) is 4.90 Å². The molecule has 162 valence electrons. The Morgan fingerprint density at radius 2 is 1.77 bits per heavy atom. The molecule has 1 N–H and O–H groups in total. The summed E-state index contributed by atoms with van der Waals surface area (Å²) >= 11 is 0.